The second kappa shape index (κ2) is 7.82. The first-order valence-corrected chi connectivity index (χ1v) is 8.64. The second-order valence-corrected chi connectivity index (χ2v) is 6.73. The monoisotopic (exact) mass is 349 g/mol. The van der Waals surface area contributed by atoms with Crippen LogP contribution in [0.5, 0.6) is 0 Å². The number of hydrogen-bond donors (Lipinski definition) is 3. The topological polar surface area (TPSA) is 92.9 Å². The van der Waals surface area contributed by atoms with Gasteiger partial charge in [-0.1, -0.05) is 19.9 Å². The number of nitrogens with two attached hydrogens (primary N) is 1. The molecule has 0 unspecified atom stereocenters. The number of aromatic nitrogens is 2. The zero-order chi connectivity index (χ0) is 18.5. The molecule has 0 fully saturated rings. The minimum absolute atomic E-state index is 0.362. The Morgan fingerprint density at radius 1 is 1.12 bits per heavy atom. The van der Waals surface area contributed by atoms with Crippen LogP contribution in [-0.4, -0.2) is 21.9 Å². The number of primary amides is 1. The molecule has 2 aromatic heterocycles. The van der Waals surface area contributed by atoms with Crippen molar-refractivity contribution in [1.29, 1.82) is 0 Å². The maximum Gasteiger partial charge on any atom is 0.239 e. The Labute approximate surface area is 152 Å². The molecule has 26 heavy (non-hydrogen) atoms. The van der Waals surface area contributed by atoms with Crippen LogP contribution in [0.2, 0.25) is 0 Å². The van der Waals surface area contributed by atoms with Crippen LogP contribution in [0.4, 0.5) is 17.1 Å². The highest BCUT2D eigenvalue weighted by molar-refractivity contribution is 5.84. The smallest absolute Gasteiger partial charge is 0.239 e. The summed E-state index contributed by atoms with van der Waals surface area (Å²) in [7, 11) is 0. The lowest BCUT2D eigenvalue weighted by atomic mass is 10.0. The summed E-state index contributed by atoms with van der Waals surface area (Å²) in [4.78, 5) is 20.2. The van der Waals surface area contributed by atoms with Crippen LogP contribution in [0.3, 0.4) is 0 Å². The Morgan fingerprint density at radius 2 is 1.92 bits per heavy atom. The van der Waals surface area contributed by atoms with E-state index in [0.717, 1.165) is 28.0 Å². The van der Waals surface area contributed by atoms with E-state index in [1.807, 2.05) is 36.4 Å². The Balaban J connectivity index is 1.76. The third-order valence-corrected chi connectivity index (χ3v) is 4.02. The first kappa shape index (κ1) is 17.7. The molecule has 6 heteroatoms. The molecule has 0 aliphatic carbocycles. The zero-order valence-electron chi connectivity index (χ0n) is 14.9. The SMILES string of the molecule is CC(C)C[C@@H](Nc1cncc(Nc2ccc3ncccc3c2)c1)C(N)=O. The Kier molecular flexibility index (Phi) is 5.31. The summed E-state index contributed by atoms with van der Waals surface area (Å²) in [6, 6.07) is 11.4. The summed E-state index contributed by atoms with van der Waals surface area (Å²) in [5.74, 6) is -0.000400. The molecule has 0 radical (unpaired) electrons. The molecular weight excluding hydrogens is 326 g/mol. The summed E-state index contributed by atoms with van der Waals surface area (Å²) in [6.07, 6.45) is 5.87. The minimum Gasteiger partial charge on any atom is -0.372 e. The van der Waals surface area contributed by atoms with Gasteiger partial charge in [-0.2, -0.15) is 0 Å². The van der Waals surface area contributed by atoms with Gasteiger partial charge in [0.25, 0.3) is 0 Å². The lowest BCUT2D eigenvalue weighted by molar-refractivity contribution is -0.119. The third kappa shape index (κ3) is 4.47. The fraction of sp³-hybridized carbons (Fsp3) is 0.250. The van der Waals surface area contributed by atoms with Crippen molar-refractivity contribution < 1.29 is 4.79 Å². The normalized spacial score (nSPS) is 12.1. The van der Waals surface area contributed by atoms with Crippen molar-refractivity contribution >= 4 is 33.9 Å². The number of hydrogen-bond acceptors (Lipinski definition) is 5. The summed E-state index contributed by atoms with van der Waals surface area (Å²) >= 11 is 0. The lowest BCUT2D eigenvalue weighted by Gasteiger charge is -2.19. The second-order valence-electron chi connectivity index (χ2n) is 6.73. The van der Waals surface area contributed by atoms with Crippen molar-refractivity contribution in [3.05, 3.63) is 55.0 Å². The molecule has 1 atom stereocenters. The number of anilines is 3. The number of nitrogens with zero attached hydrogens (tertiary/aromatic N) is 2. The van der Waals surface area contributed by atoms with Crippen LogP contribution in [0.25, 0.3) is 10.9 Å². The van der Waals surface area contributed by atoms with Gasteiger partial charge in [-0.05, 0) is 42.7 Å². The maximum atomic E-state index is 11.7. The predicted molar refractivity (Wildman–Crippen MR) is 105 cm³/mol. The van der Waals surface area contributed by atoms with E-state index < -0.39 is 6.04 Å². The number of pyridine rings is 2. The third-order valence-electron chi connectivity index (χ3n) is 4.02. The zero-order valence-corrected chi connectivity index (χ0v) is 14.9. The molecule has 1 aromatic carbocycles. The molecule has 0 aliphatic heterocycles. The minimum atomic E-state index is -0.418. The van der Waals surface area contributed by atoms with Crippen LogP contribution in [0, 0.1) is 5.92 Å². The molecule has 6 nitrogen and oxygen atoms in total. The molecule has 1 amide bonds. The van der Waals surface area contributed by atoms with Gasteiger partial charge >= 0.3 is 0 Å². The molecule has 0 aliphatic rings. The highest BCUT2D eigenvalue weighted by atomic mass is 16.1. The number of rotatable bonds is 7. The molecule has 0 bridgehead atoms. The van der Waals surface area contributed by atoms with Crippen LogP contribution in [0.15, 0.2) is 55.0 Å². The van der Waals surface area contributed by atoms with E-state index in [0.29, 0.717) is 12.3 Å². The average Bonchev–Trinajstić information content (AvgIpc) is 2.61. The van der Waals surface area contributed by atoms with E-state index >= 15 is 0 Å². The van der Waals surface area contributed by atoms with Gasteiger partial charge in [0.2, 0.25) is 5.91 Å². The number of fused-ring (bicyclic) bond motifs is 1. The van der Waals surface area contributed by atoms with Crippen molar-refractivity contribution in [2.75, 3.05) is 10.6 Å². The fourth-order valence-corrected chi connectivity index (χ4v) is 2.83. The van der Waals surface area contributed by atoms with Gasteiger partial charge in [0.15, 0.2) is 0 Å². The van der Waals surface area contributed by atoms with E-state index in [4.69, 9.17) is 5.73 Å². The Hall–Kier alpha value is -3.15. The summed E-state index contributed by atoms with van der Waals surface area (Å²) in [5, 5.41) is 7.57. The van der Waals surface area contributed by atoms with Crippen molar-refractivity contribution in [3.8, 4) is 0 Å². The van der Waals surface area contributed by atoms with Crippen molar-refractivity contribution in [2.45, 2.75) is 26.3 Å². The van der Waals surface area contributed by atoms with Crippen molar-refractivity contribution in [2.24, 2.45) is 11.7 Å². The Morgan fingerprint density at radius 3 is 2.69 bits per heavy atom. The molecule has 2 heterocycles. The van der Waals surface area contributed by atoms with Crippen molar-refractivity contribution in [3.63, 3.8) is 0 Å². The quantitative estimate of drug-likeness (QED) is 0.605. The largest absolute Gasteiger partial charge is 0.372 e. The van der Waals surface area contributed by atoms with Gasteiger partial charge in [-0.15, -0.1) is 0 Å². The number of carbonyl (C=O) groups excluding carboxylic acids is 1. The van der Waals surface area contributed by atoms with Crippen molar-refractivity contribution in [1.82, 2.24) is 9.97 Å². The number of benzene rings is 1. The molecule has 0 saturated heterocycles. The Bertz CT molecular complexity index is 909. The number of amides is 1. The van der Waals surface area contributed by atoms with Gasteiger partial charge in [0.1, 0.15) is 6.04 Å². The van der Waals surface area contributed by atoms with Crippen LogP contribution in [-0.2, 0) is 4.79 Å². The van der Waals surface area contributed by atoms with Gasteiger partial charge in [-0.3, -0.25) is 14.8 Å². The highest BCUT2D eigenvalue weighted by Crippen LogP contribution is 2.23. The first-order chi connectivity index (χ1) is 12.5. The van der Waals surface area contributed by atoms with E-state index in [1.54, 1.807) is 18.6 Å². The lowest BCUT2D eigenvalue weighted by Crippen LogP contribution is -2.36. The predicted octanol–water partition coefficient (Wildman–Crippen LogP) is 3.69. The standard InChI is InChI=1S/C20H23N5O/c1-13(2)8-19(20(21)26)25-17-10-16(11-22-12-17)24-15-5-6-18-14(9-15)4-3-7-23-18/h3-7,9-13,19,24-25H,8H2,1-2H3,(H2,21,26)/t19-/m1/s1. The molecule has 4 N–H and O–H groups in total. The van der Waals surface area contributed by atoms with Gasteiger partial charge in [-0.25, -0.2) is 0 Å². The first-order valence-electron chi connectivity index (χ1n) is 8.64. The maximum absolute atomic E-state index is 11.7. The molecule has 3 aromatic rings. The molecule has 0 saturated carbocycles. The van der Waals surface area contributed by atoms with Gasteiger partial charge < -0.3 is 16.4 Å². The molecule has 3 rings (SSSR count). The fourth-order valence-electron chi connectivity index (χ4n) is 2.83. The van der Waals surface area contributed by atoms with E-state index in [1.165, 1.54) is 0 Å². The van der Waals surface area contributed by atoms with Crippen LogP contribution >= 0.6 is 0 Å². The van der Waals surface area contributed by atoms with E-state index in [-0.39, 0.29) is 5.91 Å². The summed E-state index contributed by atoms with van der Waals surface area (Å²) < 4.78 is 0. The summed E-state index contributed by atoms with van der Waals surface area (Å²) in [5.41, 5.74) is 8.97. The number of carbonyl (C=O) groups is 1. The molecule has 0 spiro atoms. The molecular formula is C20H23N5O. The van der Waals surface area contributed by atoms with Gasteiger partial charge in [0.05, 0.1) is 29.3 Å². The highest BCUT2D eigenvalue weighted by Gasteiger charge is 2.16. The van der Waals surface area contributed by atoms with E-state index in [2.05, 4.69) is 34.4 Å². The van der Waals surface area contributed by atoms with Gasteiger partial charge in [0, 0.05) is 17.3 Å². The molecule has 134 valence electrons. The van der Waals surface area contributed by atoms with Crippen LogP contribution in [0.1, 0.15) is 20.3 Å². The summed E-state index contributed by atoms with van der Waals surface area (Å²) in [6.45, 7) is 4.12. The van der Waals surface area contributed by atoms with E-state index in [9.17, 15) is 4.79 Å². The van der Waals surface area contributed by atoms with Crippen LogP contribution < -0.4 is 16.4 Å². The number of nitrogens with one attached hydrogen (secondary N) is 2. The average molecular weight is 349 g/mol.